The lowest BCUT2D eigenvalue weighted by Gasteiger charge is -2.24. The molecule has 0 aliphatic heterocycles. The number of unbranched alkanes of at least 4 members (excludes halogenated alkanes) is 6. The lowest BCUT2D eigenvalue weighted by atomic mass is 10.3. The van der Waals surface area contributed by atoms with Crippen molar-refractivity contribution in [3.63, 3.8) is 0 Å². The Hall–Kier alpha value is 0.300. The molecule has 26 heavy (non-hydrogen) atoms. The van der Waals surface area contributed by atoms with Crippen molar-refractivity contribution in [2.45, 2.75) is 85.5 Å². The fraction of sp³-hybridized carbons (Fsp3) is 1.00. The van der Waals surface area contributed by atoms with Crippen LogP contribution in [0.3, 0.4) is 0 Å². The summed E-state index contributed by atoms with van der Waals surface area (Å²) in [5.41, 5.74) is 0. The smallest absolute Gasteiger partial charge is 0.308 e. The third-order valence-corrected chi connectivity index (χ3v) is 8.93. The summed E-state index contributed by atoms with van der Waals surface area (Å²) in [6, 6.07) is 0. The van der Waals surface area contributed by atoms with Gasteiger partial charge in [0.15, 0.2) is 5.90 Å². The van der Waals surface area contributed by atoms with Crippen LogP contribution >= 0.6 is 15.2 Å². The van der Waals surface area contributed by atoms with Crippen LogP contribution in [-0.4, -0.2) is 32.3 Å². The molecule has 0 N–H and O–H groups in total. The second-order valence-electron chi connectivity index (χ2n) is 6.40. The van der Waals surface area contributed by atoms with Crippen molar-refractivity contribution < 1.29 is 27.2 Å². The molecule has 0 amide bonds. The van der Waals surface area contributed by atoms with Gasteiger partial charge >= 0.3 is 15.2 Å². The maximum absolute atomic E-state index is 13.1. The molecule has 8 heteroatoms. The van der Waals surface area contributed by atoms with Gasteiger partial charge in [0.25, 0.3) is 0 Å². The number of hydrogen-bond acceptors (Lipinski definition) is 6. The zero-order valence-corrected chi connectivity index (χ0v) is 19.0. The molecule has 0 aromatic heterocycles. The van der Waals surface area contributed by atoms with Gasteiger partial charge in [0.2, 0.25) is 0 Å². The van der Waals surface area contributed by atoms with Crippen molar-refractivity contribution in [3.05, 3.63) is 0 Å². The highest BCUT2D eigenvalue weighted by molar-refractivity contribution is 7.71. The minimum absolute atomic E-state index is 0.233. The Morgan fingerprint density at radius 1 is 0.538 bits per heavy atom. The maximum Gasteiger partial charge on any atom is 0.342 e. The zero-order valence-electron chi connectivity index (χ0n) is 17.2. The predicted molar refractivity (Wildman–Crippen MR) is 108 cm³/mol. The van der Waals surface area contributed by atoms with E-state index in [1.807, 2.05) is 0 Å². The Balaban J connectivity index is 4.85. The molecule has 6 nitrogen and oxygen atoms in total. The summed E-state index contributed by atoms with van der Waals surface area (Å²) in [5, 5.41) is 0. The molecule has 0 bridgehead atoms. The highest BCUT2D eigenvalue weighted by Crippen LogP contribution is 2.64. The zero-order chi connectivity index (χ0) is 19.7. The van der Waals surface area contributed by atoms with Crippen LogP contribution in [0.25, 0.3) is 0 Å². The van der Waals surface area contributed by atoms with Gasteiger partial charge in [-0.15, -0.1) is 0 Å². The lowest BCUT2D eigenvalue weighted by molar-refractivity contribution is 0.189. The van der Waals surface area contributed by atoms with Gasteiger partial charge in [0, 0.05) is 0 Å². The fourth-order valence-electron chi connectivity index (χ4n) is 2.31. The van der Waals surface area contributed by atoms with Crippen molar-refractivity contribution in [1.29, 1.82) is 0 Å². The highest BCUT2D eigenvalue weighted by atomic mass is 31.2. The SMILES string of the molecule is CCCCCOP(=O)(CP(=O)(OCCCCC)OCCCCC)OCC. The second kappa shape index (κ2) is 16.3. The Morgan fingerprint density at radius 2 is 0.885 bits per heavy atom. The van der Waals surface area contributed by atoms with Gasteiger partial charge in [0.1, 0.15) is 0 Å². The van der Waals surface area contributed by atoms with Gasteiger partial charge in [0.05, 0.1) is 26.4 Å². The van der Waals surface area contributed by atoms with Crippen molar-refractivity contribution in [2.75, 3.05) is 32.3 Å². The summed E-state index contributed by atoms with van der Waals surface area (Å²) in [7, 11) is -7.02. The first-order chi connectivity index (χ1) is 12.4. The predicted octanol–water partition coefficient (Wildman–Crippen LogP) is 6.99. The van der Waals surface area contributed by atoms with Crippen LogP contribution in [0.5, 0.6) is 0 Å². The molecular weight excluding hydrogens is 374 g/mol. The van der Waals surface area contributed by atoms with Gasteiger partial charge in [-0.1, -0.05) is 59.3 Å². The third-order valence-electron chi connectivity index (χ3n) is 3.78. The van der Waals surface area contributed by atoms with E-state index < -0.39 is 15.2 Å². The van der Waals surface area contributed by atoms with E-state index in [4.69, 9.17) is 18.1 Å². The van der Waals surface area contributed by atoms with E-state index >= 15 is 0 Å². The monoisotopic (exact) mass is 414 g/mol. The van der Waals surface area contributed by atoms with E-state index in [-0.39, 0.29) is 12.5 Å². The van der Waals surface area contributed by atoms with Crippen LogP contribution in [0.4, 0.5) is 0 Å². The van der Waals surface area contributed by atoms with Crippen LogP contribution in [0.1, 0.15) is 85.5 Å². The molecule has 0 spiro atoms. The average molecular weight is 414 g/mol. The minimum Gasteiger partial charge on any atom is -0.308 e. The summed E-state index contributed by atoms with van der Waals surface area (Å²) in [4.78, 5) is 0. The first-order valence-corrected chi connectivity index (χ1v) is 13.7. The molecule has 158 valence electrons. The summed E-state index contributed by atoms with van der Waals surface area (Å²) in [6.07, 6.45) is 8.51. The van der Waals surface area contributed by atoms with Gasteiger partial charge in [-0.3, -0.25) is 9.13 Å². The van der Waals surface area contributed by atoms with Crippen LogP contribution in [0.2, 0.25) is 0 Å². The van der Waals surface area contributed by atoms with E-state index in [0.717, 1.165) is 57.8 Å². The van der Waals surface area contributed by atoms with Crippen molar-refractivity contribution >= 4 is 15.2 Å². The quantitative estimate of drug-likeness (QED) is 0.168. The number of hydrogen-bond donors (Lipinski definition) is 0. The molecule has 0 aliphatic rings. The van der Waals surface area contributed by atoms with Crippen LogP contribution < -0.4 is 0 Å². The van der Waals surface area contributed by atoms with E-state index in [2.05, 4.69) is 20.8 Å². The maximum atomic E-state index is 13.1. The summed E-state index contributed by atoms with van der Waals surface area (Å²) in [5.74, 6) is -0.307. The van der Waals surface area contributed by atoms with E-state index in [1.54, 1.807) is 6.92 Å². The Morgan fingerprint density at radius 3 is 1.19 bits per heavy atom. The normalized spacial score (nSPS) is 14.5. The van der Waals surface area contributed by atoms with Crippen molar-refractivity contribution in [2.24, 2.45) is 0 Å². The van der Waals surface area contributed by atoms with Gasteiger partial charge in [-0.05, 0) is 26.2 Å². The van der Waals surface area contributed by atoms with Crippen molar-refractivity contribution in [1.82, 2.24) is 0 Å². The molecule has 1 atom stereocenters. The van der Waals surface area contributed by atoms with Gasteiger partial charge in [-0.25, -0.2) is 0 Å². The number of rotatable bonds is 19. The van der Waals surface area contributed by atoms with E-state index in [0.29, 0.717) is 19.8 Å². The van der Waals surface area contributed by atoms with Crippen LogP contribution in [0.15, 0.2) is 0 Å². The summed E-state index contributed by atoms with van der Waals surface area (Å²) in [6.45, 7) is 9.25. The lowest BCUT2D eigenvalue weighted by Crippen LogP contribution is -2.08. The Labute approximate surface area is 160 Å². The summed E-state index contributed by atoms with van der Waals surface area (Å²) < 4.78 is 48.2. The molecule has 0 saturated heterocycles. The summed E-state index contributed by atoms with van der Waals surface area (Å²) >= 11 is 0. The minimum atomic E-state index is -3.52. The molecule has 0 aromatic rings. The molecular formula is C18H40O6P2. The topological polar surface area (TPSA) is 71.1 Å². The fourth-order valence-corrected chi connectivity index (χ4v) is 7.08. The molecule has 0 saturated carbocycles. The molecule has 0 radical (unpaired) electrons. The average Bonchev–Trinajstić information content (AvgIpc) is 2.60. The Kier molecular flexibility index (Phi) is 16.5. The molecule has 1 unspecified atom stereocenters. The molecule has 0 aliphatic carbocycles. The Bertz CT molecular complexity index is 400. The second-order valence-corrected chi connectivity index (χ2v) is 11.0. The van der Waals surface area contributed by atoms with Gasteiger partial charge < -0.3 is 18.1 Å². The van der Waals surface area contributed by atoms with E-state index in [9.17, 15) is 9.13 Å². The first-order valence-electron chi connectivity index (χ1n) is 10.2. The van der Waals surface area contributed by atoms with Crippen molar-refractivity contribution in [3.8, 4) is 0 Å². The van der Waals surface area contributed by atoms with Crippen LogP contribution in [0, 0.1) is 0 Å². The molecule has 0 aromatic carbocycles. The molecule has 0 rings (SSSR count). The van der Waals surface area contributed by atoms with E-state index in [1.165, 1.54) is 0 Å². The third kappa shape index (κ3) is 13.5. The standard InChI is InChI=1S/C18H40O6P2/c1-5-9-12-15-22-25(19,21-8-4)18-26(20,23-16-13-10-6-2)24-17-14-11-7-3/h5-18H2,1-4H3. The highest BCUT2D eigenvalue weighted by Gasteiger charge is 2.38. The van der Waals surface area contributed by atoms with Crippen LogP contribution in [-0.2, 0) is 27.2 Å². The first kappa shape index (κ1) is 26.3. The molecule has 0 heterocycles. The largest absolute Gasteiger partial charge is 0.342 e. The van der Waals surface area contributed by atoms with Gasteiger partial charge in [-0.2, -0.15) is 0 Å². The molecule has 0 fully saturated rings.